The minimum absolute atomic E-state index is 0.0219. The predicted molar refractivity (Wildman–Crippen MR) is 110 cm³/mol. The highest BCUT2D eigenvalue weighted by atomic mass is 16.6. The zero-order valence-corrected chi connectivity index (χ0v) is 16.0. The van der Waals surface area contributed by atoms with Gasteiger partial charge in [-0.05, 0) is 43.3 Å². The number of carbonyl (C=O) groups excluding carboxylic acids is 2. The first-order chi connectivity index (χ1) is 14.4. The van der Waals surface area contributed by atoms with Crippen molar-refractivity contribution in [3.63, 3.8) is 0 Å². The van der Waals surface area contributed by atoms with Crippen molar-refractivity contribution in [3.05, 3.63) is 94.5 Å². The number of para-hydroxylation sites is 3. The standard InChI is InChI=1S/C22H18N2O6/c1-15(21(25)23-19-12-5-6-13-20(19)24(27)28)29-22(26)16-8-7-11-18(14-16)30-17-9-3-2-4-10-17/h2-15H,1H3,(H,23,25). The normalized spacial score (nSPS) is 11.2. The van der Waals surface area contributed by atoms with Crippen molar-refractivity contribution in [2.45, 2.75) is 13.0 Å². The molecule has 0 aliphatic carbocycles. The van der Waals surface area contributed by atoms with Gasteiger partial charge in [-0.3, -0.25) is 14.9 Å². The molecule has 3 aromatic rings. The Balaban J connectivity index is 1.65. The second-order valence-electron chi connectivity index (χ2n) is 6.25. The van der Waals surface area contributed by atoms with Crippen LogP contribution in [0.4, 0.5) is 11.4 Å². The highest BCUT2D eigenvalue weighted by Crippen LogP contribution is 2.24. The molecule has 0 heterocycles. The zero-order valence-electron chi connectivity index (χ0n) is 16.0. The van der Waals surface area contributed by atoms with Gasteiger partial charge in [0.25, 0.3) is 11.6 Å². The van der Waals surface area contributed by atoms with Gasteiger partial charge in [0.1, 0.15) is 17.2 Å². The molecule has 0 spiro atoms. The van der Waals surface area contributed by atoms with Crippen LogP contribution in [-0.4, -0.2) is 22.9 Å². The molecule has 8 heteroatoms. The number of ether oxygens (including phenoxy) is 2. The molecule has 0 aliphatic heterocycles. The lowest BCUT2D eigenvalue weighted by molar-refractivity contribution is -0.383. The Morgan fingerprint density at radius 3 is 2.33 bits per heavy atom. The smallest absolute Gasteiger partial charge is 0.339 e. The fourth-order valence-electron chi connectivity index (χ4n) is 2.57. The van der Waals surface area contributed by atoms with Crippen LogP contribution in [0.3, 0.4) is 0 Å². The van der Waals surface area contributed by atoms with Crippen LogP contribution in [-0.2, 0) is 9.53 Å². The molecular formula is C22H18N2O6. The van der Waals surface area contributed by atoms with Gasteiger partial charge in [-0.25, -0.2) is 4.79 Å². The monoisotopic (exact) mass is 406 g/mol. The van der Waals surface area contributed by atoms with Crippen LogP contribution in [0.2, 0.25) is 0 Å². The Kier molecular flexibility index (Phi) is 6.39. The maximum atomic E-state index is 12.4. The first-order valence-corrected chi connectivity index (χ1v) is 9.02. The van der Waals surface area contributed by atoms with Gasteiger partial charge >= 0.3 is 5.97 Å². The summed E-state index contributed by atoms with van der Waals surface area (Å²) in [4.78, 5) is 35.2. The Morgan fingerprint density at radius 2 is 1.60 bits per heavy atom. The van der Waals surface area contributed by atoms with E-state index in [0.29, 0.717) is 11.5 Å². The molecule has 0 radical (unpaired) electrons. The minimum Gasteiger partial charge on any atom is -0.457 e. The van der Waals surface area contributed by atoms with E-state index in [-0.39, 0.29) is 16.9 Å². The Labute approximate surface area is 172 Å². The summed E-state index contributed by atoms with van der Waals surface area (Å²) in [6.07, 6.45) is -1.17. The van der Waals surface area contributed by atoms with E-state index in [4.69, 9.17) is 9.47 Å². The van der Waals surface area contributed by atoms with E-state index in [1.54, 1.807) is 30.3 Å². The maximum absolute atomic E-state index is 12.4. The summed E-state index contributed by atoms with van der Waals surface area (Å²) in [5, 5.41) is 13.5. The summed E-state index contributed by atoms with van der Waals surface area (Å²) < 4.78 is 10.9. The largest absolute Gasteiger partial charge is 0.457 e. The molecule has 1 atom stereocenters. The third-order valence-electron chi connectivity index (χ3n) is 4.06. The number of carbonyl (C=O) groups is 2. The molecule has 0 bridgehead atoms. The highest BCUT2D eigenvalue weighted by molar-refractivity contribution is 5.98. The summed E-state index contributed by atoms with van der Waals surface area (Å²) in [5.74, 6) is -0.360. The number of hydrogen-bond donors (Lipinski definition) is 1. The molecule has 0 saturated carbocycles. The lowest BCUT2D eigenvalue weighted by atomic mass is 10.2. The second kappa shape index (κ2) is 9.33. The fraction of sp³-hybridized carbons (Fsp3) is 0.0909. The molecule has 1 amide bonds. The quantitative estimate of drug-likeness (QED) is 0.350. The molecule has 8 nitrogen and oxygen atoms in total. The number of nitro groups is 1. The third kappa shape index (κ3) is 5.20. The number of nitrogens with one attached hydrogen (secondary N) is 1. The van der Waals surface area contributed by atoms with E-state index in [1.807, 2.05) is 18.2 Å². The Morgan fingerprint density at radius 1 is 0.933 bits per heavy atom. The fourth-order valence-corrected chi connectivity index (χ4v) is 2.57. The van der Waals surface area contributed by atoms with Crippen LogP contribution in [0.5, 0.6) is 11.5 Å². The van der Waals surface area contributed by atoms with Crippen molar-refractivity contribution in [1.82, 2.24) is 0 Å². The van der Waals surface area contributed by atoms with Crippen LogP contribution in [0.15, 0.2) is 78.9 Å². The number of anilines is 1. The van der Waals surface area contributed by atoms with E-state index >= 15 is 0 Å². The van der Waals surface area contributed by atoms with Gasteiger partial charge in [-0.1, -0.05) is 36.4 Å². The number of benzene rings is 3. The van der Waals surface area contributed by atoms with Crippen LogP contribution < -0.4 is 10.1 Å². The Bertz CT molecular complexity index is 1070. The van der Waals surface area contributed by atoms with Gasteiger partial charge in [0.15, 0.2) is 6.10 Å². The molecule has 152 valence electrons. The predicted octanol–water partition coefficient (Wildman–Crippen LogP) is 4.57. The summed E-state index contributed by atoms with van der Waals surface area (Å²) >= 11 is 0. The van der Waals surface area contributed by atoms with Crippen LogP contribution in [0.1, 0.15) is 17.3 Å². The molecule has 3 rings (SSSR count). The van der Waals surface area contributed by atoms with Crippen molar-refractivity contribution in [1.29, 1.82) is 0 Å². The molecule has 0 aromatic heterocycles. The van der Waals surface area contributed by atoms with E-state index in [0.717, 1.165) is 0 Å². The molecule has 1 unspecified atom stereocenters. The molecule has 3 aromatic carbocycles. The Hall–Kier alpha value is -4.20. The van der Waals surface area contributed by atoms with Gasteiger partial charge in [-0.15, -0.1) is 0 Å². The summed E-state index contributed by atoms with van der Waals surface area (Å²) in [5.41, 5.74) is -0.0300. The van der Waals surface area contributed by atoms with Crippen molar-refractivity contribution in [3.8, 4) is 11.5 Å². The van der Waals surface area contributed by atoms with Gasteiger partial charge in [-0.2, -0.15) is 0 Å². The van der Waals surface area contributed by atoms with Crippen LogP contribution in [0, 0.1) is 10.1 Å². The van der Waals surface area contributed by atoms with E-state index in [1.165, 1.54) is 37.3 Å². The molecule has 30 heavy (non-hydrogen) atoms. The van der Waals surface area contributed by atoms with Crippen molar-refractivity contribution in [2.24, 2.45) is 0 Å². The number of amides is 1. The number of nitro benzene ring substituents is 1. The number of hydrogen-bond acceptors (Lipinski definition) is 6. The van der Waals surface area contributed by atoms with E-state index in [2.05, 4.69) is 5.32 Å². The van der Waals surface area contributed by atoms with Crippen LogP contribution >= 0.6 is 0 Å². The van der Waals surface area contributed by atoms with Gasteiger partial charge < -0.3 is 14.8 Å². The van der Waals surface area contributed by atoms with Crippen molar-refractivity contribution >= 4 is 23.3 Å². The molecule has 1 N–H and O–H groups in total. The van der Waals surface area contributed by atoms with E-state index in [9.17, 15) is 19.7 Å². The SMILES string of the molecule is CC(OC(=O)c1cccc(Oc2ccccc2)c1)C(=O)Nc1ccccc1[N+](=O)[O-]. The number of nitrogens with zero attached hydrogens (tertiary/aromatic N) is 1. The zero-order chi connectivity index (χ0) is 21.5. The lowest BCUT2D eigenvalue weighted by Gasteiger charge is -2.14. The molecule has 0 aliphatic rings. The average molecular weight is 406 g/mol. The van der Waals surface area contributed by atoms with Crippen molar-refractivity contribution < 1.29 is 24.0 Å². The first-order valence-electron chi connectivity index (χ1n) is 9.02. The summed E-state index contributed by atoms with van der Waals surface area (Å²) in [7, 11) is 0. The lowest BCUT2D eigenvalue weighted by Crippen LogP contribution is -2.30. The van der Waals surface area contributed by atoms with Crippen molar-refractivity contribution in [2.75, 3.05) is 5.32 Å². The van der Waals surface area contributed by atoms with Gasteiger partial charge in [0, 0.05) is 6.07 Å². The third-order valence-corrected chi connectivity index (χ3v) is 4.06. The topological polar surface area (TPSA) is 108 Å². The number of esters is 1. The van der Waals surface area contributed by atoms with Crippen LogP contribution in [0.25, 0.3) is 0 Å². The second-order valence-corrected chi connectivity index (χ2v) is 6.25. The highest BCUT2D eigenvalue weighted by Gasteiger charge is 2.22. The first kappa shape index (κ1) is 20.5. The average Bonchev–Trinajstić information content (AvgIpc) is 2.74. The molecule has 0 saturated heterocycles. The molecular weight excluding hydrogens is 388 g/mol. The van der Waals surface area contributed by atoms with Gasteiger partial charge in [0.2, 0.25) is 0 Å². The maximum Gasteiger partial charge on any atom is 0.339 e. The number of rotatable bonds is 7. The summed E-state index contributed by atoms with van der Waals surface area (Å²) in [6, 6.07) is 21.1. The van der Waals surface area contributed by atoms with E-state index < -0.39 is 22.9 Å². The minimum atomic E-state index is -1.17. The van der Waals surface area contributed by atoms with Gasteiger partial charge in [0.05, 0.1) is 10.5 Å². The molecule has 0 fully saturated rings. The summed E-state index contributed by atoms with van der Waals surface area (Å²) in [6.45, 7) is 1.38.